The van der Waals surface area contributed by atoms with Gasteiger partial charge in [0.15, 0.2) is 4.67 Å². The van der Waals surface area contributed by atoms with Gasteiger partial charge in [0.05, 0.1) is 0 Å². The molecule has 20 heavy (non-hydrogen) atoms. The second-order valence-electron chi connectivity index (χ2n) is 3.98. The van der Waals surface area contributed by atoms with Crippen LogP contribution in [0.3, 0.4) is 0 Å². The molecule has 0 fully saturated rings. The van der Waals surface area contributed by atoms with Gasteiger partial charge in [-0.2, -0.15) is 13.2 Å². The SMILES string of the molecule is O=S(=O)(NCCCCC(F)(F)F)c1cc(CO)oc1Br. The Balaban J connectivity index is 2.51. The van der Waals surface area contributed by atoms with Gasteiger partial charge in [0, 0.05) is 19.0 Å². The van der Waals surface area contributed by atoms with Crippen molar-refractivity contribution in [2.45, 2.75) is 36.9 Å². The van der Waals surface area contributed by atoms with E-state index in [1.807, 2.05) is 0 Å². The van der Waals surface area contributed by atoms with E-state index in [9.17, 15) is 21.6 Å². The Morgan fingerprint density at radius 2 is 2.00 bits per heavy atom. The molecule has 1 heterocycles. The maximum Gasteiger partial charge on any atom is 0.389 e. The maximum absolute atomic E-state index is 11.9. The van der Waals surface area contributed by atoms with Crippen LogP contribution in [0.4, 0.5) is 13.2 Å². The highest BCUT2D eigenvalue weighted by molar-refractivity contribution is 9.10. The van der Waals surface area contributed by atoms with Gasteiger partial charge in [-0.15, -0.1) is 0 Å². The number of furan rings is 1. The van der Waals surface area contributed by atoms with Crippen LogP contribution < -0.4 is 4.72 Å². The van der Waals surface area contributed by atoms with E-state index in [-0.39, 0.29) is 34.7 Å². The van der Waals surface area contributed by atoms with Gasteiger partial charge in [-0.1, -0.05) is 0 Å². The summed E-state index contributed by atoms with van der Waals surface area (Å²) < 4.78 is 66.4. The highest BCUT2D eigenvalue weighted by atomic mass is 79.9. The van der Waals surface area contributed by atoms with Crippen LogP contribution in [0, 0.1) is 0 Å². The van der Waals surface area contributed by atoms with Crippen molar-refractivity contribution in [1.29, 1.82) is 0 Å². The van der Waals surface area contributed by atoms with Crippen molar-refractivity contribution in [2.24, 2.45) is 0 Å². The van der Waals surface area contributed by atoms with Crippen LogP contribution in [0.1, 0.15) is 25.0 Å². The number of halogens is 4. The standard InChI is InChI=1S/C10H13BrF3NO4S/c11-9-8(5-7(6-16)19-9)20(17,18)15-4-2-1-3-10(12,13)14/h5,15-16H,1-4,6H2. The zero-order valence-corrected chi connectivity index (χ0v) is 12.6. The van der Waals surface area contributed by atoms with Gasteiger partial charge in [0.1, 0.15) is 17.3 Å². The highest BCUT2D eigenvalue weighted by Crippen LogP contribution is 2.26. The molecule has 0 aromatic carbocycles. The number of alkyl halides is 3. The van der Waals surface area contributed by atoms with Gasteiger partial charge < -0.3 is 9.52 Å². The molecule has 0 amide bonds. The molecular formula is C10H13BrF3NO4S. The molecule has 0 saturated carbocycles. The Hall–Kier alpha value is -0.580. The van der Waals surface area contributed by atoms with Crippen LogP contribution in [0.15, 0.2) is 20.0 Å². The van der Waals surface area contributed by atoms with Gasteiger partial charge in [-0.05, 0) is 28.8 Å². The molecule has 2 N–H and O–H groups in total. The minimum Gasteiger partial charge on any atom is -0.450 e. The lowest BCUT2D eigenvalue weighted by molar-refractivity contribution is -0.135. The van der Waals surface area contributed by atoms with Crippen LogP contribution in [0.25, 0.3) is 0 Å². The number of unbranched alkanes of at least 4 members (excludes halogenated alkanes) is 1. The fourth-order valence-electron chi connectivity index (χ4n) is 1.39. The van der Waals surface area contributed by atoms with Gasteiger partial charge in [-0.3, -0.25) is 0 Å². The molecule has 0 radical (unpaired) electrons. The molecule has 0 atom stereocenters. The Labute approximate surface area is 122 Å². The summed E-state index contributed by atoms with van der Waals surface area (Å²) in [4.78, 5) is -0.197. The lowest BCUT2D eigenvalue weighted by Crippen LogP contribution is -2.25. The van der Waals surface area contributed by atoms with Crippen LogP contribution in [-0.4, -0.2) is 26.2 Å². The summed E-state index contributed by atoms with van der Waals surface area (Å²) in [7, 11) is -3.88. The van der Waals surface area contributed by atoms with E-state index in [4.69, 9.17) is 9.52 Å². The third-order valence-electron chi connectivity index (χ3n) is 2.33. The monoisotopic (exact) mass is 379 g/mol. The molecule has 10 heteroatoms. The normalized spacial score (nSPS) is 12.8. The van der Waals surface area contributed by atoms with Crippen LogP contribution in [0.5, 0.6) is 0 Å². The van der Waals surface area contributed by atoms with E-state index in [0.29, 0.717) is 0 Å². The topological polar surface area (TPSA) is 79.5 Å². The zero-order valence-electron chi connectivity index (χ0n) is 10.2. The Kier molecular flexibility index (Phi) is 6.05. The number of nitrogens with one attached hydrogen (secondary N) is 1. The Morgan fingerprint density at radius 1 is 1.35 bits per heavy atom. The Bertz CT molecular complexity index is 541. The van der Waals surface area contributed by atoms with E-state index in [2.05, 4.69) is 20.7 Å². The number of hydrogen-bond donors (Lipinski definition) is 2. The number of sulfonamides is 1. The smallest absolute Gasteiger partial charge is 0.389 e. The van der Waals surface area contributed by atoms with Crippen molar-refractivity contribution >= 4 is 26.0 Å². The van der Waals surface area contributed by atoms with Crippen molar-refractivity contribution in [2.75, 3.05) is 6.54 Å². The minimum atomic E-state index is -4.23. The molecule has 1 aromatic heterocycles. The number of aliphatic hydroxyl groups is 1. The fraction of sp³-hybridized carbons (Fsp3) is 0.600. The average Bonchev–Trinajstić information content (AvgIpc) is 2.69. The minimum absolute atomic E-state index is 0.0642. The van der Waals surface area contributed by atoms with E-state index < -0.39 is 29.2 Å². The molecule has 1 aromatic rings. The van der Waals surface area contributed by atoms with Crippen molar-refractivity contribution in [1.82, 2.24) is 4.72 Å². The summed E-state index contributed by atoms with van der Waals surface area (Å²) in [5, 5.41) is 8.83. The van der Waals surface area contributed by atoms with Gasteiger partial charge in [-0.25, -0.2) is 13.1 Å². The second-order valence-corrected chi connectivity index (χ2v) is 6.43. The first-order chi connectivity index (χ1) is 9.15. The largest absolute Gasteiger partial charge is 0.450 e. The molecule has 0 bridgehead atoms. The average molecular weight is 380 g/mol. The van der Waals surface area contributed by atoms with Crippen LogP contribution in [0.2, 0.25) is 0 Å². The molecule has 0 aliphatic heterocycles. The predicted octanol–water partition coefficient (Wildman–Crippen LogP) is 2.55. The van der Waals surface area contributed by atoms with Gasteiger partial charge in [0.2, 0.25) is 10.0 Å². The van der Waals surface area contributed by atoms with Crippen molar-refractivity contribution < 1.29 is 31.1 Å². The summed E-state index contributed by atoms with van der Waals surface area (Å²) in [6.45, 7) is -0.565. The number of aliphatic hydroxyl groups excluding tert-OH is 1. The molecule has 0 aliphatic carbocycles. The van der Waals surface area contributed by atoms with Crippen molar-refractivity contribution in [3.63, 3.8) is 0 Å². The quantitative estimate of drug-likeness (QED) is 0.713. The van der Waals surface area contributed by atoms with Crippen LogP contribution >= 0.6 is 15.9 Å². The molecule has 0 saturated heterocycles. The lowest BCUT2D eigenvalue weighted by Gasteiger charge is -2.07. The third kappa shape index (κ3) is 5.43. The maximum atomic E-state index is 11.9. The molecule has 116 valence electrons. The summed E-state index contributed by atoms with van der Waals surface area (Å²) in [5.74, 6) is 0.0642. The second kappa shape index (κ2) is 6.92. The first-order valence-electron chi connectivity index (χ1n) is 5.61. The Morgan fingerprint density at radius 3 is 2.50 bits per heavy atom. The summed E-state index contributed by atoms with van der Waals surface area (Å²) in [5.41, 5.74) is 0. The highest BCUT2D eigenvalue weighted by Gasteiger charge is 2.26. The third-order valence-corrected chi connectivity index (χ3v) is 4.65. The summed E-state index contributed by atoms with van der Waals surface area (Å²) >= 11 is 2.90. The van der Waals surface area contributed by atoms with E-state index in [0.717, 1.165) is 6.07 Å². The molecular weight excluding hydrogens is 367 g/mol. The van der Waals surface area contributed by atoms with Gasteiger partial charge in [0.25, 0.3) is 0 Å². The predicted molar refractivity (Wildman–Crippen MR) is 67.4 cm³/mol. The zero-order chi connectivity index (χ0) is 15.4. The lowest BCUT2D eigenvalue weighted by atomic mass is 10.2. The first kappa shape index (κ1) is 17.5. The number of hydrogen-bond acceptors (Lipinski definition) is 4. The van der Waals surface area contributed by atoms with Crippen molar-refractivity contribution in [3.8, 4) is 0 Å². The van der Waals surface area contributed by atoms with E-state index >= 15 is 0 Å². The van der Waals surface area contributed by atoms with E-state index in [1.165, 1.54) is 0 Å². The molecule has 1 rings (SSSR count). The molecule has 0 aliphatic rings. The molecule has 0 spiro atoms. The van der Waals surface area contributed by atoms with E-state index in [1.54, 1.807) is 0 Å². The summed E-state index contributed by atoms with van der Waals surface area (Å²) in [6.07, 6.45) is -5.26. The van der Waals surface area contributed by atoms with Crippen LogP contribution in [-0.2, 0) is 16.6 Å². The first-order valence-corrected chi connectivity index (χ1v) is 7.89. The number of rotatable bonds is 7. The summed E-state index contributed by atoms with van der Waals surface area (Å²) in [6, 6.07) is 1.14. The molecule has 0 unspecified atom stereocenters. The molecule has 5 nitrogen and oxygen atoms in total. The van der Waals surface area contributed by atoms with Crippen molar-refractivity contribution in [3.05, 3.63) is 16.5 Å². The fourth-order valence-corrected chi connectivity index (χ4v) is 3.46. The van der Waals surface area contributed by atoms with Gasteiger partial charge >= 0.3 is 6.18 Å².